The largest absolute Gasteiger partial charge is 0.497 e. The van der Waals surface area contributed by atoms with Crippen molar-refractivity contribution >= 4 is 12.0 Å². The molecule has 0 heterocycles. The molecule has 0 aromatic heterocycles. The molecule has 0 fully saturated rings. The van der Waals surface area contributed by atoms with Crippen molar-refractivity contribution in [3.05, 3.63) is 47.6 Å². The van der Waals surface area contributed by atoms with Gasteiger partial charge >= 0.3 is 0 Å². The van der Waals surface area contributed by atoms with Gasteiger partial charge in [-0.2, -0.15) is 0 Å². The lowest BCUT2D eigenvalue weighted by atomic mass is 10.00. The summed E-state index contributed by atoms with van der Waals surface area (Å²) in [5, 5.41) is 2.93. The standard InChI is InChI=1S/C17H21NO2/c1-20-16-10-7-14(8-11-16)9-12-17(19)18-13-15-5-3-2-4-6-15/h5,7-12H,2-4,6,13H2,1H3,(H,18,19)/b12-9+. The van der Waals surface area contributed by atoms with Crippen LogP contribution in [0.5, 0.6) is 5.75 Å². The van der Waals surface area contributed by atoms with Gasteiger partial charge in [-0.25, -0.2) is 0 Å². The lowest BCUT2D eigenvalue weighted by Gasteiger charge is -2.12. The van der Waals surface area contributed by atoms with Crippen LogP contribution in [0.3, 0.4) is 0 Å². The van der Waals surface area contributed by atoms with Crippen LogP contribution < -0.4 is 10.1 Å². The topological polar surface area (TPSA) is 38.3 Å². The second-order valence-corrected chi connectivity index (χ2v) is 4.93. The van der Waals surface area contributed by atoms with Crippen molar-refractivity contribution in [3.63, 3.8) is 0 Å². The fourth-order valence-electron chi connectivity index (χ4n) is 2.21. The maximum atomic E-state index is 11.7. The van der Waals surface area contributed by atoms with E-state index in [1.165, 1.54) is 18.4 Å². The first kappa shape index (κ1) is 14.4. The molecule has 2 rings (SSSR count). The number of allylic oxidation sites excluding steroid dienone is 1. The highest BCUT2D eigenvalue weighted by Gasteiger charge is 2.04. The number of ether oxygens (including phenoxy) is 1. The molecular formula is C17H21NO2. The fourth-order valence-corrected chi connectivity index (χ4v) is 2.21. The third-order valence-corrected chi connectivity index (χ3v) is 3.42. The van der Waals surface area contributed by atoms with Crippen LogP contribution in [0.1, 0.15) is 31.2 Å². The van der Waals surface area contributed by atoms with E-state index in [9.17, 15) is 4.79 Å². The molecule has 1 N–H and O–H groups in total. The van der Waals surface area contributed by atoms with E-state index >= 15 is 0 Å². The molecule has 3 heteroatoms. The van der Waals surface area contributed by atoms with E-state index in [0.717, 1.165) is 24.2 Å². The molecule has 0 unspecified atom stereocenters. The molecular weight excluding hydrogens is 250 g/mol. The maximum Gasteiger partial charge on any atom is 0.244 e. The molecule has 1 aromatic carbocycles. The first-order chi connectivity index (χ1) is 9.78. The number of rotatable bonds is 5. The van der Waals surface area contributed by atoms with Crippen molar-refractivity contribution < 1.29 is 9.53 Å². The van der Waals surface area contributed by atoms with Gasteiger partial charge in [0.05, 0.1) is 7.11 Å². The number of nitrogens with one attached hydrogen (secondary N) is 1. The zero-order chi connectivity index (χ0) is 14.2. The number of amides is 1. The van der Waals surface area contributed by atoms with Crippen molar-refractivity contribution in [1.29, 1.82) is 0 Å². The molecule has 106 valence electrons. The van der Waals surface area contributed by atoms with Gasteiger partial charge in [0.25, 0.3) is 0 Å². The fraction of sp³-hybridized carbons (Fsp3) is 0.353. The van der Waals surface area contributed by atoms with E-state index in [1.807, 2.05) is 30.3 Å². The van der Waals surface area contributed by atoms with Crippen LogP contribution in [0.25, 0.3) is 6.08 Å². The first-order valence-electron chi connectivity index (χ1n) is 7.06. The zero-order valence-corrected chi connectivity index (χ0v) is 11.9. The Hall–Kier alpha value is -2.03. The van der Waals surface area contributed by atoms with Crippen molar-refractivity contribution in [2.24, 2.45) is 0 Å². The molecule has 0 saturated carbocycles. The minimum atomic E-state index is -0.0488. The molecule has 1 aliphatic carbocycles. The minimum absolute atomic E-state index is 0.0488. The van der Waals surface area contributed by atoms with Gasteiger partial charge in [0, 0.05) is 12.6 Å². The van der Waals surface area contributed by atoms with E-state index in [-0.39, 0.29) is 5.91 Å². The molecule has 0 saturated heterocycles. The van der Waals surface area contributed by atoms with Gasteiger partial charge in [0.2, 0.25) is 5.91 Å². The predicted molar refractivity (Wildman–Crippen MR) is 81.6 cm³/mol. The Morgan fingerprint density at radius 3 is 2.75 bits per heavy atom. The van der Waals surface area contributed by atoms with Gasteiger partial charge < -0.3 is 10.1 Å². The van der Waals surface area contributed by atoms with Crippen LogP contribution in [-0.4, -0.2) is 19.6 Å². The lowest BCUT2D eigenvalue weighted by molar-refractivity contribution is -0.116. The third kappa shape index (κ3) is 4.57. The van der Waals surface area contributed by atoms with Crippen LogP contribution >= 0.6 is 0 Å². The molecule has 0 bridgehead atoms. The molecule has 3 nitrogen and oxygen atoms in total. The highest BCUT2D eigenvalue weighted by atomic mass is 16.5. The minimum Gasteiger partial charge on any atom is -0.497 e. The van der Waals surface area contributed by atoms with Crippen molar-refractivity contribution in [2.45, 2.75) is 25.7 Å². The second-order valence-electron chi connectivity index (χ2n) is 4.93. The first-order valence-corrected chi connectivity index (χ1v) is 7.06. The van der Waals surface area contributed by atoms with E-state index < -0.39 is 0 Å². The molecule has 0 radical (unpaired) electrons. The van der Waals surface area contributed by atoms with Crippen molar-refractivity contribution in [2.75, 3.05) is 13.7 Å². The summed E-state index contributed by atoms with van der Waals surface area (Å²) in [4.78, 5) is 11.7. The van der Waals surface area contributed by atoms with Gasteiger partial charge in [-0.3, -0.25) is 4.79 Å². The summed E-state index contributed by atoms with van der Waals surface area (Å²) in [6.07, 6.45) is 10.4. The summed E-state index contributed by atoms with van der Waals surface area (Å²) in [6, 6.07) is 7.60. The number of hydrogen-bond donors (Lipinski definition) is 1. The molecule has 0 spiro atoms. The van der Waals surface area contributed by atoms with E-state index in [1.54, 1.807) is 13.2 Å². The average molecular weight is 271 g/mol. The van der Waals surface area contributed by atoms with Crippen LogP contribution in [0.15, 0.2) is 42.0 Å². The average Bonchev–Trinajstić information content (AvgIpc) is 2.52. The van der Waals surface area contributed by atoms with Crippen molar-refractivity contribution in [3.8, 4) is 5.75 Å². The van der Waals surface area contributed by atoms with Gasteiger partial charge in [0.15, 0.2) is 0 Å². The second kappa shape index (κ2) is 7.53. The van der Waals surface area contributed by atoms with Gasteiger partial charge in [-0.1, -0.05) is 23.8 Å². The highest BCUT2D eigenvalue weighted by molar-refractivity contribution is 5.91. The molecule has 1 amide bonds. The Bertz CT molecular complexity index is 500. The normalized spacial score (nSPS) is 14.9. The maximum absolute atomic E-state index is 11.7. The van der Waals surface area contributed by atoms with E-state index in [2.05, 4.69) is 11.4 Å². The summed E-state index contributed by atoms with van der Waals surface area (Å²) >= 11 is 0. The summed E-state index contributed by atoms with van der Waals surface area (Å²) < 4.78 is 5.09. The number of hydrogen-bond acceptors (Lipinski definition) is 2. The summed E-state index contributed by atoms with van der Waals surface area (Å²) in [6.45, 7) is 0.672. The Morgan fingerprint density at radius 2 is 2.10 bits per heavy atom. The number of carbonyl (C=O) groups is 1. The van der Waals surface area contributed by atoms with Crippen molar-refractivity contribution in [1.82, 2.24) is 5.32 Å². The summed E-state index contributed by atoms with van der Waals surface area (Å²) in [5.41, 5.74) is 2.33. The highest BCUT2D eigenvalue weighted by Crippen LogP contribution is 2.16. The Morgan fingerprint density at radius 1 is 1.30 bits per heavy atom. The van der Waals surface area contributed by atoms with Gasteiger partial charge in [0.1, 0.15) is 5.75 Å². The number of benzene rings is 1. The van der Waals surface area contributed by atoms with E-state index in [0.29, 0.717) is 6.54 Å². The quantitative estimate of drug-likeness (QED) is 0.659. The van der Waals surface area contributed by atoms with Crippen LogP contribution in [0.2, 0.25) is 0 Å². The van der Waals surface area contributed by atoms with Crippen LogP contribution in [0.4, 0.5) is 0 Å². The Labute approximate surface area is 120 Å². The van der Waals surface area contributed by atoms with E-state index in [4.69, 9.17) is 4.74 Å². The SMILES string of the molecule is COc1ccc(/C=C/C(=O)NCC2=CCCCC2)cc1. The summed E-state index contributed by atoms with van der Waals surface area (Å²) in [7, 11) is 1.64. The molecule has 0 atom stereocenters. The smallest absolute Gasteiger partial charge is 0.244 e. The Kier molecular flexibility index (Phi) is 5.42. The number of methoxy groups -OCH3 is 1. The molecule has 0 aliphatic heterocycles. The Balaban J connectivity index is 1.80. The van der Waals surface area contributed by atoms with Crippen LogP contribution in [0, 0.1) is 0 Å². The molecule has 20 heavy (non-hydrogen) atoms. The zero-order valence-electron chi connectivity index (χ0n) is 11.9. The molecule has 1 aliphatic rings. The predicted octanol–water partition coefficient (Wildman–Crippen LogP) is 3.33. The molecule has 1 aromatic rings. The van der Waals surface area contributed by atoms with Gasteiger partial charge in [-0.05, 0) is 49.5 Å². The van der Waals surface area contributed by atoms with Gasteiger partial charge in [-0.15, -0.1) is 0 Å². The summed E-state index contributed by atoms with van der Waals surface area (Å²) in [5.74, 6) is 0.767. The van der Waals surface area contributed by atoms with Crippen LogP contribution in [-0.2, 0) is 4.79 Å². The monoisotopic (exact) mass is 271 g/mol. The lowest BCUT2D eigenvalue weighted by Crippen LogP contribution is -2.24. The number of carbonyl (C=O) groups excluding carboxylic acids is 1. The third-order valence-electron chi connectivity index (χ3n) is 3.42.